The van der Waals surface area contributed by atoms with Crippen molar-refractivity contribution in [3.8, 4) is 11.3 Å². The third-order valence-electron chi connectivity index (χ3n) is 7.18. The zero-order valence-corrected chi connectivity index (χ0v) is 21.1. The molecule has 0 saturated carbocycles. The molecule has 1 aliphatic rings. The lowest BCUT2D eigenvalue weighted by atomic mass is 9.95. The Morgan fingerprint density at radius 3 is 2.55 bits per heavy atom. The van der Waals surface area contributed by atoms with Crippen LogP contribution in [0.15, 0.2) is 59.9 Å². The maximum atomic E-state index is 13.6. The molecule has 0 atom stereocenters. The van der Waals surface area contributed by atoms with Crippen molar-refractivity contribution in [2.24, 2.45) is 5.92 Å². The van der Waals surface area contributed by atoms with E-state index in [1.54, 1.807) is 0 Å². The number of nitrogen functional groups attached to an aromatic ring is 1. The molecule has 9 nitrogen and oxygen atoms in total. The first-order valence-electron chi connectivity index (χ1n) is 12.3. The van der Waals surface area contributed by atoms with Crippen LogP contribution >= 0.6 is 0 Å². The van der Waals surface area contributed by atoms with Gasteiger partial charge < -0.3 is 10.7 Å². The summed E-state index contributed by atoms with van der Waals surface area (Å²) in [4.78, 5) is 11.4. The van der Waals surface area contributed by atoms with E-state index < -0.39 is 21.7 Å². The quantitative estimate of drug-likeness (QED) is 0.333. The van der Waals surface area contributed by atoms with E-state index in [4.69, 9.17) is 10.8 Å². The molecular formula is C26H25F2N7O2S. The largest absolute Gasteiger partial charge is 0.383 e. The molecule has 12 heteroatoms. The fraction of sp³-hybridized carbons (Fsp3) is 0.269. The fourth-order valence-electron chi connectivity index (χ4n) is 5.16. The number of rotatable bonds is 6. The summed E-state index contributed by atoms with van der Waals surface area (Å²) in [5, 5.41) is 6.61. The minimum Gasteiger partial charge on any atom is -0.383 e. The van der Waals surface area contributed by atoms with Gasteiger partial charge in [-0.1, -0.05) is 6.07 Å². The number of benzene rings is 2. The number of piperidine rings is 1. The smallest absolute Gasteiger partial charge is 0.243 e. The Morgan fingerprint density at radius 2 is 1.79 bits per heavy atom. The molecule has 1 aliphatic heterocycles. The van der Waals surface area contributed by atoms with Crippen LogP contribution < -0.4 is 5.73 Å². The molecule has 0 spiro atoms. The minimum atomic E-state index is -3.97. The number of nitrogens with two attached hydrogens (primary N) is 1. The van der Waals surface area contributed by atoms with Crippen LogP contribution in [0, 0.1) is 17.6 Å². The van der Waals surface area contributed by atoms with Gasteiger partial charge in [-0.3, -0.25) is 0 Å². The molecule has 0 amide bonds. The molecule has 38 heavy (non-hydrogen) atoms. The molecule has 0 radical (unpaired) electrons. The van der Waals surface area contributed by atoms with E-state index in [0.717, 1.165) is 35.0 Å². The predicted octanol–water partition coefficient (Wildman–Crippen LogP) is 4.33. The van der Waals surface area contributed by atoms with Crippen molar-refractivity contribution < 1.29 is 17.2 Å². The summed E-state index contributed by atoms with van der Waals surface area (Å²) < 4.78 is 56.1. The lowest BCUT2D eigenvalue weighted by molar-refractivity contribution is 0.255. The Balaban J connectivity index is 1.19. The van der Waals surface area contributed by atoms with Gasteiger partial charge in [-0.2, -0.15) is 9.40 Å². The molecule has 3 aromatic heterocycles. The topological polar surface area (TPSA) is 123 Å². The Hall–Kier alpha value is -3.90. The lowest BCUT2D eigenvalue weighted by Crippen LogP contribution is -2.38. The molecule has 5 aromatic rings. The number of aromatic amines is 1. The number of anilines is 1. The van der Waals surface area contributed by atoms with Crippen molar-refractivity contribution in [2.75, 3.05) is 18.8 Å². The summed E-state index contributed by atoms with van der Waals surface area (Å²) in [6.45, 7) is 1.13. The summed E-state index contributed by atoms with van der Waals surface area (Å²) in [7, 11) is -3.97. The van der Waals surface area contributed by atoms with Gasteiger partial charge in [0.05, 0.1) is 10.3 Å². The van der Waals surface area contributed by atoms with E-state index in [0.29, 0.717) is 48.0 Å². The number of aryl methyl sites for hydroxylation is 1. The molecule has 2 aromatic carbocycles. The second-order valence-electron chi connectivity index (χ2n) is 9.55. The molecular weight excluding hydrogens is 512 g/mol. The van der Waals surface area contributed by atoms with E-state index >= 15 is 0 Å². The highest BCUT2D eigenvalue weighted by Crippen LogP contribution is 2.33. The van der Waals surface area contributed by atoms with Crippen molar-refractivity contribution in [1.82, 2.24) is 29.0 Å². The number of aromatic nitrogens is 5. The zero-order chi connectivity index (χ0) is 26.4. The van der Waals surface area contributed by atoms with Gasteiger partial charge in [-0.15, -0.1) is 0 Å². The maximum absolute atomic E-state index is 13.6. The Kier molecular flexibility index (Phi) is 6.07. The molecule has 0 bridgehead atoms. The number of fused-ring (bicyclic) bond motifs is 2. The van der Waals surface area contributed by atoms with E-state index in [2.05, 4.69) is 15.0 Å². The van der Waals surface area contributed by atoms with Crippen LogP contribution in [0.25, 0.3) is 33.2 Å². The van der Waals surface area contributed by atoms with Gasteiger partial charge >= 0.3 is 0 Å². The highest BCUT2D eigenvalue weighted by molar-refractivity contribution is 7.89. The standard InChI is InChI=1S/C26H25F2N7O2S/c27-19-12-20(28)14-21(13-19)38(36,37)34-8-4-16(5-9-34)6-10-35-26-23(25(29)31-15-32-26)24(33-35)18-1-2-22-17(11-18)3-7-30-22/h1-3,7,11-16,30H,4-6,8-10H2,(H2,29,31,32). The molecule has 4 heterocycles. The molecule has 0 aliphatic carbocycles. The van der Waals surface area contributed by atoms with Crippen molar-refractivity contribution in [2.45, 2.75) is 30.7 Å². The van der Waals surface area contributed by atoms with Crippen LogP contribution in [-0.2, 0) is 16.6 Å². The third kappa shape index (κ3) is 4.39. The van der Waals surface area contributed by atoms with E-state index in [1.807, 2.05) is 35.1 Å². The molecule has 3 N–H and O–H groups in total. The molecule has 196 valence electrons. The summed E-state index contributed by atoms with van der Waals surface area (Å²) >= 11 is 0. The molecule has 6 rings (SSSR count). The van der Waals surface area contributed by atoms with Gasteiger partial charge in [0.25, 0.3) is 0 Å². The minimum absolute atomic E-state index is 0.254. The number of hydrogen-bond donors (Lipinski definition) is 2. The van der Waals surface area contributed by atoms with E-state index in [1.165, 1.54) is 10.6 Å². The first-order chi connectivity index (χ1) is 18.3. The SMILES string of the molecule is Nc1ncnc2c1c(-c1ccc3[nH]ccc3c1)nn2CCC1CCN(S(=O)(=O)c2cc(F)cc(F)c2)CC1. The van der Waals surface area contributed by atoms with Crippen LogP contribution in [0.5, 0.6) is 0 Å². The Labute approximate surface area is 217 Å². The normalized spacial score (nSPS) is 15.5. The van der Waals surface area contributed by atoms with Gasteiger partial charge in [0, 0.05) is 48.4 Å². The van der Waals surface area contributed by atoms with Gasteiger partial charge in [-0.25, -0.2) is 31.8 Å². The van der Waals surface area contributed by atoms with Crippen LogP contribution in [0.1, 0.15) is 19.3 Å². The number of H-pyrrole nitrogens is 1. The van der Waals surface area contributed by atoms with E-state index in [-0.39, 0.29) is 23.9 Å². The van der Waals surface area contributed by atoms with Crippen LogP contribution in [0.2, 0.25) is 0 Å². The fourth-order valence-corrected chi connectivity index (χ4v) is 6.67. The summed E-state index contributed by atoms with van der Waals surface area (Å²) in [5.41, 5.74) is 9.54. The number of halogens is 2. The van der Waals surface area contributed by atoms with Gasteiger partial charge in [0.1, 0.15) is 29.5 Å². The number of nitrogens with zero attached hydrogens (tertiary/aromatic N) is 5. The number of hydrogen-bond acceptors (Lipinski definition) is 6. The summed E-state index contributed by atoms with van der Waals surface area (Å²) in [6.07, 6.45) is 5.33. The molecule has 1 fully saturated rings. The van der Waals surface area contributed by atoms with Gasteiger partial charge in [0.2, 0.25) is 10.0 Å². The first kappa shape index (κ1) is 24.4. The average molecular weight is 538 g/mol. The van der Waals surface area contributed by atoms with E-state index in [9.17, 15) is 17.2 Å². The summed E-state index contributed by atoms with van der Waals surface area (Å²) in [6, 6.07) is 10.4. The van der Waals surface area contributed by atoms with Gasteiger partial charge in [0.15, 0.2) is 5.65 Å². The Bertz CT molecular complexity index is 1740. The predicted molar refractivity (Wildman–Crippen MR) is 139 cm³/mol. The zero-order valence-electron chi connectivity index (χ0n) is 20.3. The number of nitrogens with one attached hydrogen (secondary N) is 1. The molecule has 1 saturated heterocycles. The van der Waals surface area contributed by atoms with Crippen molar-refractivity contribution in [3.63, 3.8) is 0 Å². The van der Waals surface area contributed by atoms with Crippen LogP contribution in [0.3, 0.4) is 0 Å². The van der Waals surface area contributed by atoms with Crippen LogP contribution in [-0.4, -0.2) is 50.5 Å². The third-order valence-corrected chi connectivity index (χ3v) is 9.06. The lowest BCUT2D eigenvalue weighted by Gasteiger charge is -2.31. The second-order valence-corrected chi connectivity index (χ2v) is 11.5. The van der Waals surface area contributed by atoms with Crippen molar-refractivity contribution in [3.05, 3.63) is 66.6 Å². The Morgan fingerprint density at radius 1 is 1.03 bits per heavy atom. The average Bonchev–Trinajstić information content (AvgIpc) is 3.52. The number of sulfonamides is 1. The monoisotopic (exact) mass is 537 g/mol. The first-order valence-corrected chi connectivity index (χ1v) is 13.7. The summed E-state index contributed by atoms with van der Waals surface area (Å²) in [5.74, 6) is -1.22. The van der Waals surface area contributed by atoms with Crippen molar-refractivity contribution in [1.29, 1.82) is 0 Å². The van der Waals surface area contributed by atoms with Crippen molar-refractivity contribution >= 4 is 37.8 Å². The highest BCUT2D eigenvalue weighted by atomic mass is 32.2. The second kappa shape index (κ2) is 9.44. The maximum Gasteiger partial charge on any atom is 0.243 e. The van der Waals surface area contributed by atoms with Gasteiger partial charge in [-0.05, 0) is 55.5 Å². The van der Waals surface area contributed by atoms with Crippen LogP contribution in [0.4, 0.5) is 14.6 Å². The molecule has 0 unspecified atom stereocenters. The highest BCUT2D eigenvalue weighted by Gasteiger charge is 2.30.